The highest BCUT2D eigenvalue weighted by Gasteiger charge is 2.10. The maximum Gasteiger partial charge on any atom is 0.142 e. The van der Waals surface area contributed by atoms with Gasteiger partial charge in [-0.15, -0.1) is 0 Å². The summed E-state index contributed by atoms with van der Waals surface area (Å²) in [7, 11) is 0. The zero-order valence-corrected chi connectivity index (χ0v) is 12.3. The van der Waals surface area contributed by atoms with Gasteiger partial charge >= 0.3 is 0 Å². The fourth-order valence-electron chi connectivity index (χ4n) is 2.25. The summed E-state index contributed by atoms with van der Waals surface area (Å²) in [6.07, 6.45) is 4.69. The highest BCUT2D eigenvalue weighted by atomic mass is 79.9. The summed E-state index contributed by atoms with van der Waals surface area (Å²) in [5.74, 6) is 2.00. The Balaban J connectivity index is 2.27. The number of hydrogen-bond acceptors (Lipinski definition) is 2. The van der Waals surface area contributed by atoms with Crippen LogP contribution in [-0.2, 0) is 11.8 Å². The molecule has 3 rings (SSSR count). The van der Waals surface area contributed by atoms with Crippen molar-refractivity contribution in [3.63, 3.8) is 0 Å². The van der Waals surface area contributed by atoms with Crippen molar-refractivity contribution in [1.82, 2.24) is 14.5 Å². The van der Waals surface area contributed by atoms with E-state index in [9.17, 15) is 0 Å². The van der Waals surface area contributed by atoms with Crippen LogP contribution in [0.25, 0.3) is 16.7 Å². The van der Waals surface area contributed by atoms with Crippen LogP contribution in [0.2, 0.25) is 0 Å². The molecule has 3 nitrogen and oxygen atoms in total. The second-order valence-electron chi connectivity index (χ2n) is 4.36. The van der Waals surface area contributed by atoms with Crippen LogP contribution in [0.1, 0.15) is 18.3 Å². The Hall–Kier alpha value is -1.68. The van der Waals surface area contributed by atoms with Crippen LogP contribution in [-0.4, -0.2) is 14.5 Å². The Bertz CT molecular complexity index is 718. The van der Waals surface area contributed by atoms with Gasteiger partial charge in [-0.1, -0.05) is 41.1 Å². The number of pyridine rings is 1. The Morgan fingerprint density at radius 1 is 1.26 bits per heavy atom. The van der Waals surface area contributed by atoms with E-state index in [-0.39, 0.29) is 0 Å². The van der Waals surface area contributed by atoms with Gasteiger partial charge in [0.05, 0.1) is 5.52 Å². The molecule has 4 heteroatoms. The number of aryl methyl sites for hydroxylation is 1. The summed E-state index contributed by atoms with van der Waals surface area (Å²) < 4.78 is 2.07. The molecule has 1 aromatic carbocycles. The molecule has 0 aliphatic rings. The van der Waals surface area contributed by atoms with E-state index in [1.54, 1.807) is 0 Å². The van der Waals surface area contributed by atoms with Gasteiger partial charge in [0.1, 0.15) is 11.6 Å². The molecular formula is C15H14BrN3. The van der Waals surface area contributed by atoms with Crippen LogP contribution >= 0.6 is 15.9 Å². The molecule has 2 aromatic heterocycles. The molecule has 0 atom stereocenters. The highest BCUT2D eigenvalue weighted by Crippen LogP contribution is 2.22. The highest BCUT2D eigenvalue weighted by molar-refractivity contribution is 9.08. The molecule has 0 aliphatic carbocycles. The average molecular weight is 316 g/mol. The second kappa shape index (κ2) is 5.13. The molecule has 0 spiro atoms. The van der Waals surface area contributed by atoms with E-state index in [4.69, 9.17) is 4.98 Å². The van der Waals surface area contributed by atoms with Crippen molar-refractivity contribution < 1.29 is 0 Å². The summed E-state index contributed by atoms with van der Waals surface area (Å²) in [5.41, 5.74) is 2.18. The topological polar surface area (TPSA) is 30.7 Å². The number of imidazole rings is 1. The van der Waals surface area contributed by atoms with Crippen molar-refractivity contribution in [3.05, 3.63) is 54.1 Å². The lowest BCUT2D eigenvalue weighted by Gasteiger charge is -2.11. The molecule has 0 radical (unpaired) electrons. The van der Waals surface area contributed by atoms with E-state index in [1.165, 1.54) is 10.9 Å². The molecule has 0 saturated heterocycles. The predicted octanol–water partition coefficient (Wildman–Crippen LogP) is 3.88. The molecule has 0 amide bonds. The smallest absolute Gasteiger partial charge is 0.142 e. The van der Waals surface area contributed by atoms with Crippen molar-refractivity contribution in [2.45, 2.75) is 18.7 Å². The molecular weight excluding hydrogens is 302 g/mol. The van der Waals surface area contributed by atoms with E-state index in [0.29, 0.717) is 0 Å². The average Bonchev–Trinajstić information content (AvgIpc) is 2.94. The molecule has 0 bridgehead atoms. The minimum absolute atomic E-state index is 0.779. The standard InChI is InChI=1S/C15H14BrN3/c1-2-14-17-7-8-19(14)15-12(10-16)9-11-5-3-4-6-13(11)18-15/h3-9H,2,10H2,1H3. The third-order valence-corrected chi connectivity index (χ3v) is 3.79. The van der Waals surface area contributed by atoms with Crippen molar-refractivity contribution in [3.8, 4) is 5.82 Å². The van der Waals surface area contributed by atoms with Crippen LogP contribution in [0.5, 0.6) is 0 Å². The first-order chi connectivity index (χ1) is 9.33. The van der Waals surface area contributed by atoms with Gasteiger partial charge < -0.3 is 0 Å². The number of rotatable bonds is 3. The second-order valence-corrected chi connectivity index (χ2v) is 4.93. The lowest BCUT2D eigenvalue weighted by Crippen LogP contribution is -2.05. The number of nitrogens with zero attached hydrogens (tertiary/aromatic N) is 3. The molecule has 0 fully saturated rings. The molecule has 0 aliphatic heterocycles. The largest absolute Gasteiger partial charge is 0.288 e. The summed E-state index contributed by atoms with van der Waals surface area (Å²) in [4.78, 5) is 9.16. The molecule has 0 saturated carbocycles. The Labute approximate surface area is 120 Å². The van der Waals surface area contributed by atoms with E-state index in [1.807, 2.05) is 30.6 Å². The number of alkyl halides is 1. The van der Waals surface area contributed by atoms with Gasteiger partial charge in [-0.05, 0) is 12.1 Å². The minimum atomic E-state index is 0.779. The number of fused-ring (bicyclic) bond motifs is 1. The van der Waals surface area contributed by atoms with E-state index in [0.717, 1.165) is 28.9 Å². The Kier molecular flexibility index (Phi) is 3.34. The first-order valence-electron chi connectivity index (χ1n) is 6.30. The number of aromatic nitrogens is 3. The van der Waals surface area contributed by atoms with Gasteiger partial charge in [-0.25, -0.2) is 9.97 Å². The summed E-state index contributed by atoms with van der Waals surface area (Å²) >= 11 is 3.55. The van der Waals surface area contributed by atoms with Crippen LogP contribution in [0.15, 0.2) is 42.7 Å². The van der Waals surface area contributed by atoms with Crippen molar-refractivity contribution >= 4 is 26.8 Å². The third kappa shape index (κ3) is 2.16. The summed E-state index contributed by atoms with van der Waals surface area (Å²) in [6.45, 7) is 2.10. The maximum absolute atomic E-state index is 4.79. The molecule has 3 aromatic rings. The Morgan fingerprint density at radius 2 is 2.11 bits per heavy atom. The number of halogens is 1. The van der Waals surface area contributed by atoms with Crippen LogP contribution in [0.4, 0.5) is 0 Å². The zero-order valence-electron chi connectivity index (χ0n) is 10.7. The third-order valence-electron chi connectivity index (χ3n) is 3.19. The van der Waals surface area contributed by atoms with Gasteiger partial charge in [0.25, 0.3) is 0 Å². The van der Waals surface area contributed by atoms with Gasteiger partial charge in [0.2, 0.25) is 0 Å². The number of hydrogen-bond donors (Lipinski definition) is 0. The molecule has 19 heavy (non-hydrogen) atoms. The number of para-hydroxylation sites is 1. The molecule has 0 N–H and O–H groups in total. The van der Waals surface area contributed by atoms with Crippen LogP contribution < -0.4 is 0 Å². The van der Waals surface area contributed by atoms with Gasteiger partial charge in [0, 0.05) is 35.1 Å². The maximum atomic E-state index is 4.79. The normalized spacial score (nSPS) is 11.1. The Morgan fingerprint density at radius 3 is 2.89 bits per heavy atom. The van der Waals surface area contributed by atoms with E-state index < -0.39 is 0 Å². The predicted molar refractivity (Wildman–Crippen MR) is 80.9 cm³/mol. The van der Waals surface area contributed by atoms with E-state index >= 15 is 0 Å². The van der Waals surface area contributed by atoms with Gasteiger partial charge in [-0.2, -0.15) is 0 Å². The lowest BCUT2D eigenvalue weighted by atomic mass is 10.1. The monoisotopic (exact) mass is 315 g/mol. The molecule has 96 valence electrons. The van der Waals surface area contributed by atoms with Crippen molar-refractivity contribution in [1.29, 1.82) is 0 Å². The van der Waals surface area contributed by atoms with E-state index in [2.05, 4.69) is 44.5 Å². The van der Waals surface area contributed by atoms with Crippen LogP contribution in [0, 0.1) is 0 Å². The first-order valence-corrected chi connectivity index (χ1v) is 7.43. The van der Waals surface area contributed by atoms with Gasteiger partial charge in [0.15, 0.2) is 0 Å². The summed E-state index contributed by atoms with van der Waals surface area (Å²) in [5, 5.41) is 1.94. The molecule has 2 heterocycles. The van der Waals surface area contributed by atoms with Crippen molar-refractivity contribution in [2.24, 2.45) is 0 Å². The number of benzene rings is 1. The lowest BCUT2D eigenvalue weighted by molar-refractivity contribution is 0.864. The molecule has 0 unspecified atom stereocenters. The zero-order chi connectivity index (χ0) is 13.2. The quantitative estimate of drug-likeness (QED) is 0.687. The SMILES string of the molecule is CCc1nccn1-c1nc2ccccc2cc1CBr. The van der Waals surface area contributed by atoms with Crippen molar-refractivity contribution in [2.75, 3.05) is 0 Å². The first kappa shape index (κ1) is 12.4. The fraction of sp³-hybridized carbons (Fsp3) is 0.200. The minimum Gasteiger partial charge on any atom is -0.288 e. The summed E-state index contributed by atoms with van der Waals surface area (Å²) in [6, 6.07) is 10.4. The fourth-order valence-corrected chi connectivity index (χ4v) is 2.66. The van der Waals surface area contributed by atoms with Gasteiger partial charge in [-0.3, -0.25) is 4.57 Å². The van der Waals surface area contributed by atoms with Crippen LogP contribution in [0.3, 0.4) is 0 Å².